The molecule has 3 nitrogen and oxygen atoms in total. The SMILES string of the molecule is CC(C)(C)[C@@H]1CCc2c(sc(N=Cc3ccccc3)c2C(=O)Nc2ccccc2)C1. The van der Waals surface area contributed by atoms with E-state index in [2.05, 4.69) is 26.1 Å². The standard InChI is InChI=1S/C26H28N2OS/c1-26(2,3)19-14-15-21-22(16-19)30-25(27-17-18-10-6-4-7-11-18)23(21)24(29)28-20-12-8-5-9-13-20/h4-13,17,19H,14-16H2,1-3H3,(H,28,29)/t19-/m1/s1. The first-order valence-corrected chi connectivity index (χ1v) is 11.3. The maximum Gasteiger partial charge on any atom is 0.259 e. The summed E-state index contributed by atoms with van der Waals surface area (Å²) in [6.45, 7) is 6.94. The number of amides is 1. The van der Waals surface area contributed by atoms with Gasteiger partial charge in [0, 0.05) is 16.8 Å². The van der Waals surface area contributed by atoms with Crippen molar-refractivity contribution in [3.63, 3.8) is 0 Å². The fraction of sp³-hybridized carbons (Fsp3) is 0.308. The fourth-order valence-corrected chi connectivity index (χ4v) is 5.29. The van der Waals surface area contributed by atoms with Gasteiger partial charge < -0.3 is 5.32 Å². The van der Waals surface area contributed by atoms with Crippen LogP contribution in [0.2, 0.25) is 0 Å². The number of carbonyl (C=O) groups is 1. The zero-order chi connectivity index (χ0) is 21.1. The number of para-hydroxylation sites is 1. The molecule has 0 bridgehead atoms. The Bertz CT molecular complexity index is 1050. The monoisotopic (exact) mass is 416 g/mol. The van der Waals surface area contributed by atoms with Crippen LogP contribution in [0.1, 0.15) is 53.6 Å². The van der Waals surface area contributed by atoms with E-state index in [1.165, 1.54) is 10.4 Å². The Morgan fingerprint density at radius 1 is 1.07 bits per heavy atom. The number of fused-ring (bicyclic) bond motifs is 1. The predicted molar refractivity (Wildman–Crippen MR) is 127 cm³/mol. The number of hydrogen-bond donors (Lipinski definition) is 1. The molecule has 2 aromatic carbocycles. The molecule has 3 aromatic rings. The summed E-state index contributed by atoms with van der Waals surface area (Å²) in [6, 6.07) is 19.7. The number of thiophene rings is 1. The van der Waals surface area contributed by atoms with E-state index in [0.29, 0.717) is 5.92 Å². The summed E-state index contributed by atoms with van der Waals surface area (Å²) >= 11 is 1.68. The summed E-state index contributed by atoms with van der Waals surface area (Å²) in [7, 11) is 0. The van der Waals surface area contributed by atoms with Crippen molar-refractivity contribution in [1.29, 1.82) is 0 Å². The van der Waals surface area contributed by atoms with Crippen molar-refractivity contribution >= 4 is 34.1 Å². The number of aliphatic imine (C=N–C) groups is 1. The van der Waals surface area contributed by atoms with Gasteiger partial charge in [-0.3, -0.25) is 4.79 Å². The molecule has 0 spiro atoms. The number of benzene rings is 2. The van der Waals surface area contributed by atoms with E-state index in [-0.39, 0.29) is 11.3 Å². The van der Waals surface area contributed by atoms with Crippen LogP contribution in [0.25, 0.3) is 0 Å². The zero-order valence-electron chi connectivity index (χ0n) is 17.8. The van der Waals surface area contributed by atoms with Crippen molar-refractivity contribution in [2.45, 2.75) is 40.0 Å². The van der Waals surface area contributed by atoms with Gasteiger partial charge in [0.2, 0.25) is 0 Å². The van der Waals surface area contributed by atoms with Crippen LogP contribution in [-0.2, 0) is 12.8 Å². The zero-order valence-corrected chi connectivity index (χ0v) is 18.6. The van der Waals surface area contributed by atoms with Crippen molar-refractivity contribution in [2.75, 3.05) is 5.32 Å². The lowest BCUT2D eigenvalue weighted by Gasteiger charge is -2.33. The van der Waals surface area contributed by atoms with Crippen molar-refractivity contribution in [2.24, 2.45) is 16.3 Å². The lowest BCUT2D eigenvalue weighted by molar-refractivity contribution is 0.102. The van der Waals surface area contributed by atoms with Crippen molar-refractivity contribution in [3.8, 4) is 0 Å². The number of nitrogens with one attached hydrogen (secondary N) is 1. The molecule has 1 heterocycles. The average molecular weight is 417 g/mol. The third-order valence-electron chi connectivity index (χ3n) is 5.86. The maximum atomic E-state index is 13.3. The number of nitrogens with zero attached hydrogens (tertiary/aromatic N) is 1. The van der Waals surface area contributed by atoms with Crippen LogP contribution in [0.3, 0.4) is 0 Å². The molecule has 0 saturated heterocycles. The summed E-state index contributed by atoms with van der Waals surface area (Å²) in [5.74, 6) is 0.563. The topological polar surface area (TPSA) is 41.5 Å². The van der Waals surface area contributed by atoms with Gasteiger partial charge in [-0.25, -0.2) is 4.99 Å². The van der Waals surface area contributed by atoms with Gasteiger partial charge in [-0.05, 0) is 53.9 Å². The van der Waals surface area contributed by atoms with Crippen LogP contribution in [0.5, 0.6) is 0 Å². The normalized spacial score (nSPS) is 16.4. The maximum absolute atomic E-state index is 13.3. The molecule has 30 heavy (non-hydrogen) atoms. The van der Waals surface area contributed by atoms with E-state index in [1.807, 2.05) is 66.9 Å². The molecule has 1 N–H and O–H groups in total. The minimum absolute atomic E-state index is 0.0619. The molecule has 0 saturated carbocycles. The van der Waals surface area contributed by atoms with Crippen LogP contribution in [0, 0.1) is 11.3 Å². The third kappa shape index (κ3) is 4.54. The minimum Gasteiger partial charge on any atom is -0.322 e. The molecule has 0 aliphatic heterocycles. The van der Waals surface area contributed by atoms with Gasteiger partial charge in [0.15, 0.2) is 0 Å². The lowest BCUT2D eigenvalue weighted by atomic mass is 9.72. The van der Waals surface area contributed by atoms with E-state index in [4.69, 9.17) is 4.99 Å². The molecule has 0 unspecified atom stereocenters. The second-order valence-electron chi connectivity index (χ2n) is 8.98. The van der Waals surface area contributed by atoms with Crippen LogP contribution in [0.15, 0.2) is 65.7 Å². The Morgan fingerprint density at radius 2 is 1.73 bits per heavy atom. The molecule has 4 rings (SSSR count). The highest BCUT2D eigenvalue weighted by Crippen LogP contribution is 2.45. The smallest absolute Gasteiger partial charge is 0.259 e. The molecule has 1 amide bonds. The van der Waals surface area contributed by atoms with E-state index < -0.39 is 0 Å². The summed E-state index contributed by atoms with van der Waals surface area (Å²) in [6.07, 6.45) is 4.93. The molecule has 0 radical (unpaired) electrons. The molecule has 1 aromatic heterocycles. The molecule has 1 aliphatic rings. The largest absolute Gasteiger partial charge is 0.322 e. The first kappa shape index (κ1) is 20.5. The Hall–Kier alpha value is -2.72. The van der Waals surface area contributed by atoms with E-state index in [0.717, 1.165) is 41.1 Å². The average Bonchev–Trinajstić information content (AvgIpc) is 3.11. The predicted octanol–water partition coefficient (Wildman–Crippen LogP) is 6.90. The van der Waals surface area contributed by atoms with Gasteiger partial charge in [0.1, 0.15) is 5.00 Å². The van der Waals surface area contributed by atoms with E-state index >= 15 is 0 Å². The van der Waals surface area contributed by atoms with E-state index in [9.17, 15) is 4.79 Å². The number of carbonyl (C=O) groups excluding carboxylic acids is 1. The summed E-state index contributed by atoms with van der Waals surface area (Å²) in [5.41, 5.74) is 4.05. The van der Waals surface area contributed by atoms with Gasteiger partial charge in [-0.2, -0.15) is 0 Å². The Balaban J connectivity index is 1.70. The molecular formula is C26H28N2OS. The highest BCUT2D eigenvalue weighted by atomic mass is 32.1. The molecule has 0 fully saturated rings. The highest BCUT2D eigenvalue weighted by Gasteiger charge is 2.33. The number of rotatable bonds is 4. The van der Waals surface area contributed by atoms with Crippen molar-refractivity contribution in [1.82, 2.24) is 0 Å². The molecular weight excluding hydrogens is 388 g/mol. The van der Waals surface area contributed by atoms with Gasteiger partial charge in [0.05, 0.1) is 5.56 Å². The second kappa shape index (κ2) is 8.57. The number of anilines is 1. The van der Waals surface area contributed by atoms with Crippen LogP contribution in [-0.4, -0.2) is 12.1 Å². The van der Waals surface area contributed by atoms with Crippen molar-refractivity contribution < 1.29 is 4.79 Å². The summed E-state index contributed by atoms with van der Waals surface area (Å²) in [5, 5.41) is 3.88. The van der Waals surface area contributed by atoms with Crippen LogP contribution >= 0.6 is 11.3 Å². The summed E-state index contributed by atoms with van der Waals surface area (Å²) in [4.78, 5) is 19.4. The van der Waals surface area contributed by atoms with E-state index in [1.54, 1.807) is 11.3 Å². The van der Waals surface area contributed by atoms with Crippen LogP contribution in [0.4, 0.5) is 10.7 Å². The van der Waals surface area contributed by atoms with Gasteiger partial charge >= 0.3 is 0 Å². The number of hydrogen-bond acceptors (Lipinski definition) is 3. The first-order chi connectivity index (χ1) is 14.4. The first-order valence-electron chi connectivity index (χ1n) is 10.5. The third-order valence-corrected chi connectivity index (χ3v) is 7.02. The highest BCUT2D eigenvalue weighted by molar-refractivity contribution is 7.16. The van der Waals surface area contributed by atoms with Crippen molar-refractivity contribution in [3.05, 3.63) is 82.2 Å². The van der Waals surface area contributed by atoms with Gasteiger partial charge in [-0.1, -0.05) is 69.3 Å². The Kier molecular flexibility index (Phi) is 5.87. The fourth-order valence-electron chi connectivity index (χ4n) is 4.02. The van der Waals surface area contributed by atoms with Crippen LogP contribution < -0.4 is 5.32 Å². The molecule has 4 heteroatoms. The Labute approximate surface area is 182 Å². The Morgan fingerprint density at radius 3 is 2.40 bits per heavy atom. The molecule has 1 aliphatic carbocycles. The molecule has 1 atom stereocenters. The second-order valence-corrected chi connectivity index (χ2v) is 10.1. The minimum atomic E-state index is -0.0619. The quantitative estimate of drug-likeness (QED) is 0.462. The van der Waals surface area contributed by atoms with Gasteiger partial charge in [0.25, 0.3) is 5.91 Å². The summed E-state index contributed by atoms with van der Waals surface area (Å²) < 4.78 is 0. The molecule has 154 valence electrons. The van der Waals surface area contributed by atoms with Gasteiger partial charge in [-0.15, -0.1) is 11.3 Å². The lowest BCUT2D eigenvalue weighted by Crippen LogP contribution is -2.27.